The van der Waals surface area contributed by atoms with E-state index in [-0.39, 0.29) is 17.8 Å². The van der Waals surface area contributed by atoms with Crippen molar-refractivity contribution in [2.24, 2.45) is 0 Å². The van der Waals surface area contributed by atoms with Crippen molar-refractivity contribution < 1.29 is 9.90 Å². The molecule has 0 saturated carbocycles. The number of hydrogen-bond acceptors (Lipinski definition) is 4. The second-order valence-electron chi connectivity index (χ2n) is 11.0. The molecule has 3 heterocycles. The average molecular weight is 550 g/mol. The first-order chi connectivity index (χ1) is 20.1. The number of imidazole rings is 1. The summed E-state index contributed by atoms with van der Waals surface area (Å²) in [5, 5.41) is 11.1. The molecule has 0 spiro atoms. The van der Waals surface area contributed by atoms with Gasteiger partial charge < -0.3 is 15.0 Å². The van der Waals surface area contributed by atoms with Gasteiger partial charge in [-0.1, -0.05) is 60.7 Å². The monoisotopic (exact) mass is 549 g/mol. The highest BCUT2D eigenvalue weighted by molar-refractivity contribution is 5.81. The first kappa shape index (κ1) is 26.8. The van der Waals surface area contributed by atoms with E-state index in [0.717, 1.165) is 54.4 Å². The average Bonchev–Trinajstić information content (AvgIpc) is 3.33. The maximum atomic E-state index is 12.9. The number of para-hydroxylation sites is 3. The van der Waals surface area contributed by atoms with Gasteiger partial charge in [-0.15, -0.1) is 0 Å². The number of benzene rings is 3. The molecular formula is C33H35N5O3. The number of H-pyrrole nitrogens is 1. The third-order valence-electron chi connectivity index (χ3n) is 8.32. The summed E-state index contributed by atoms with van der Waals surface area (Å²) in [5.74, 6) is 0. The van der Waals surface area contributed by atoms with Crippen molar-refractivity contribution in [1.29, 1.82) is 0 Å². The maximum Gasteiger partial charge on any atom is 0.407 e. The lowest BCUT2D eigenvalue weighted by atomic mass is 9.93. The minimum atomic E-state index is -0.885. The van der Waals surface area contributed by atoms with Gasteiger partial charge in [0.25, 0.3) is 0 Å². The van der Waals surface area contributed by atoms with E-state index in [4.69, 9.17) is 0 Å². The van der Waals surface area contributed by atoms with Crippen molar-refractivity contribution in [1.82, 2.24) is 24.3 Å². The van der Waals surface area contributed by atoms with Gasteiger partial charge in [-0.2, -0.15) is 0 Å². The minimum absolute atomic E-state index is 0.0390. The Morgan fingerprint density at radius 3 is 2.61 bits per heavy atom. The molecule has 2 unspecified atom stereocenters. The van der Waals surface area contributed by atoms with Crippen molar-refractivity contribution in [3.63, 3.8) is 0 Å². The molecule has 2 atom stereocenters. The predicted molar refractivity (Wildman–Crippen MR) is 161 cm³/mol. The van der Waals surface area contributed by atoms with Gasteiger partial charge in [0, 0.05) is 43.3 Å². The molecule has 5 aromatic rings. The van der Waals surface area contributed by atoms with Gasteiger partial charge in [-0.25, -0.2) is 9.59 Å². The second kappa shape index (κ2) is 12.0. The van der Waals surface area contributed by atoms with Crippen molar-refractivity contribution in [3.05, 3.63) is 113 Å². The molecule has 1 amide bonds. The Balaban J connectivity index is 1.19. The smallest absolute Gasteiger partial charge is 0.407 e. The minimum Gasteiger partial charge on any atom is -0.465 e. The van der Waals surface area contributed by atoms with Crippen LogP contribution in [0, 0.1) is 0 Å². The van der Waals surface area contributed by atoms with Gasteiger partial charge in [0.1, 0.15) is 0 Å². The number of fused-ring (bicyclic) bond motifs is 2. The third kappa shape index (κ3) is 5.88. The Bertz CT molecular complexity index is 1690. The number of carbonyl (C=O) groups is 1. The predicted octanol–water partition coefficient (Wildman–Crippen LogP) is 6.04. The highest BCUT2D eigenvalue weighted by Crippen LogP contribution is 2.31. The number of pyridine rings is 1. The Labute approximate surface area is 238 Å². The Hall–Kier alpha value is -4.43. The van der Waals surface area contributed by atoms with Gasteiger partial charge >= 0.3 is 11.8 Å². The SMILES string of the molecule is O=C(O)N1CCC(n2c(=O)[nH]c3ccccc32)CC1CCCN(Cc1ccccc1)Cc1ccnc2ccccc12. The third-order valence-corrected chi connectivity index (χ3v) is 8.32. The number of amides is 1. The largest absolute Gasteiger partial charge is 0.465 e. The molecule has 1 fully saturated rings. The summed E-state index contributed by atoms with van der Waals surface area (Å²) in [6, 6.07) is 28.3. The second-order valence-corrected chi connectivity index (χ2v) is 11.0. The molecule has 8 nitrogen and oxygen atoms in total. The lowest BCUT2D eigenvalue weighted by molar-refractivity contribution is 0.0853. The fourth-order valence-electron chi connectivity index (χ4n) is 6.37. The summed E-state index contributed by atoms with van der Waals surface area (Å²) in [6.45, 7) is 2.83. The molecule has 8 heteroatoms. The lowest BCUT2D eigenvalue weighted by Crippen LogP contribution is -2.47. The zero-order valence-corrected chi connectivity index (χ0v) is 23.0. The summed E-state index contributed by atoms with van der Waals surface area (Å²) in [7, 11) is 0. The van der Waals surface area contributed by atoms with Crippen LogP contribution in [0.3, 0.4) is 0 Å². The Kier molecular flexibility index (Phi) is 7.82. The molecular weight excluding hydrogens is 514 g/mol. The van der Waals surface area contributed by atoms with Crippen LogP contribution in [0.25, 0.3) is 21.9 Å². The van der Waals surface area contributed by atoms with Crippen molar-refractivity contribution in [2.45, 2.75) is 50.9 Å². The van der Waals surface area contributed by atoms with E-state index in [1.165, 1.54) is 11.1 Å². The van der Waals surface area contributed by atoms with Crippen molar-refractivity contribution in [3.8, 4) is 0 Å². The maximum absolute atomic E-state index is 12.9. The van der Waals surface area contributed by atoms with Gasteiger partial charge in [0.15, 0.2) is 0 Å². The zero-order valence-electron chi connectivity index (χ0n) is 23.0. The van der Waals surface area contributed by atoms with E-state index in [9.17, 15) is 14.7 Å². The van der Waals surface area contributed by atoms with Crippen LogP contribution < -0.4 is 5.69 Å². The Morgan fingerprint density at radius 2 is 1.76 bits per heavy atom. The molecule has 6 rings (SSSR count). The quantitative estimate of drug-likeness (QED) is 0.234. The van der Waals surface area contributed by atoms with Gasteiger partial charge in [-0.05, 0) is 67.6 Å². The molecule has 210 valence electrons. The summed E-state index contributed by atoms with van der Waals surface area (Å²) >= 11 is 0. The first-order valence-corrected chi connectivity index (χ1v) is 14.3. The number of likely N-dealkylation sites (tertiary alicyclic amines) is 1. The molecule has 1 saturated heterocycles. The van der Waals surface area contributed by atoms with Crippen LogP contribution in [0.1, 0.15) is 42.9 Å². The number of hydrogen-bond donors (Lipinski definition) is 2. The molecule has 0 aliphatic carbocycles. The van der Waals surface area contributed by atoms with E-state index in [1.54, 1.807) is 4.90 Å². The fraction of sp³-hybridized carbons (Fsp3) is 0.303. The lowest BCUT2D eigenvalue weighted by Gasteiger charge is -2.38. The van der Waals surface area contributed by atoms with E-state index >= 15 is 0 Å². The van der Waals surface area contributed by atoms with E-state index in [0.29, 0.717) is 19.4 Å². The highest BCUT2D eigenvalue weighted by Gasteiger charge is 2.33. The van der Waals surface area contributed by atoms with Crippen LogP contribution in [0.2, 0.25) is 0 Å². The van der Waals surface area contributed by atoms with E-state index in [1.807, 2.05) is 59.3 Å². The molecule has 2 aromatic heterocycles. The zero-order chi connectivity index (χ0) is 28.2. The number of carboxylic acid groups (broad SMARTS) is 1. The van der Waals surface area contributed by atoms with Crippen molar-refractivity contribution in [2.75, 3.05) is 13.1 Å². The number of piperidine rings is 1. The standard InChI is InChI=1S/C33H35N5O3/c39-32-35-30-14-6-7-15-31(30)38(32)27-17-20-37(33(40)41)26(21-27)11-8-19-36(22-24-9-2-1-3-10-24)23-25-16-18-34-29-13-5-4-12-28(25)29/h1-7,9-10,12-16,18,26-27H,8,11,17,19-23H2,(H,35,39)(H,40,41). The normalized spacial score (nSPS) is 17.4. The summed E-state index contributed by atoms with van der Waals surface area (Å²) in [5.41, 5.74) is 5.03. The summed E-state index contributed by atoms with van der Waals surface area (Å²) in [4.78, 5) is 36.5. The van der Waals surface area contributed by atoms with Crippen LogP contribution >= 0.6 is 0 Å². The van der Waals surface area contributed by atoms with E-state index in [2.05, 4.69) is 51.3 Å². The van der Waals surface area contributed by atoms with Crippen molar-refractivity contribution >= 4 is 28.0 Å². The molecule has 3 aromatic carbocycles. The van der Waals surface area contributed by atoms with Crippen LogP contribution in [0.5, 0.6) is 0 Å². The fourth-order valence-corrected chi connectivity index (χ4v) is 6.37. The van der Waals surface area contributed by atoms with E-state index < -0.39 is 6.09 Å². The number of nitrogens with zero attached hydrogens (tertiary/aromatic N) is 4. The van der Waals surface area contributed by atoms with Crippen LogP contribution in [0.15, 0.2) is 95.9 Å². The van der Waals surface area contributed by atoms with Crippen LogP contribution in [-0.2, 0) is 13.1 Å². The number of aromatic nitrogens is 3. The molecule has 1 aliphatic heterocycles. The highest BCUT2D eigenvalue weighted by atomic mass is 16.4. The van der Waals surface area contributed by atoms with Crippen LogP contribution in [0.4, 0.5) is 4.79 Å². The number of nitrogens with one attached hydrogen (secondary N) is 1. The van der Waals surface area contributed by atoms with Gasteiger partial charge in [-0.3, -0.25) is 14.5 Å². The number of aromatic amines is 1. The molecule has 1 aliphatic rings. The molecule has 2 N–H and O–H groups in total. The topological polar surface area (TPSA) is 94.5 Å². The van der Waals surface area contributed by atoms with Gasteiger partial charge in [0.2, 0.25) is 0 Å². The molecule has 0 bridgehead atoms. The summed E-state index contributed by atoms with van der Waals surface area (Å²) in [6.07, 6.45) is 3.82. The summed E-state index contributed by atoms with van der Waals surface area (Å²) < 4.78 is 1.83. The Morgan fingerprint density at radius 1 is 0.976 bits per heavy atom. The first-order valence-electron chi connectivity index (χ1n) is 14.3. The van der Waals surface area contributed by atoms with Crippen LogP contribution in [-0.4, -0.2) is 54.7 Å². The molecule has 0 radical (unpaired) electrons. The van der Waals surface area contributed by atoms with Gasteiger partial charge in [0.05, 0.1) is 16.6 Å². The number of rotatable bonds is 9. The molecule has 41 heavy (non-hydrogen) atoms.